The van der Waals surface area contributed by atoms with Crippen LogP contribution in [0.4, 0.5) is 0 Å². The fraction of sp³-hybridized carbons (Fsp3) is 0.625. The number of nitrogens with one attached hydrogen (secondary N) is 1. The molecule has 0 fully saturated rings. The summed E-state index contributed by atoms with van der Waals surface area (Å²) >= 11 is 2.06. The third kappa shape index (κ3) is 5.92. The molecule has 2 heteroatoms. The monoisotopic (exact) mass is 265 g/mol. The number of thioether (sulfide) groups is 1. The van der Waals surface area contributed by atoms with E-state index in [0.717, 1.165) is 12.3 Å². The van der Waals surface area contributed by atoms with Gasteiger partial charge in [0.2, 0.25) is 0 Å². The zero-order valence-electron chi connectivity index (χ0n) is 12.4. The van der Waals surface area contributed by atoms with Gasteiger partial charge in [0.1, 0.15) is 0 Å². The van der Waals surface area contributed by atoms with E-state index in [9.17, 15) is 0 Å². The zero-order chi connectivity index (χ0) is 13.5. The first kappa shape index (κ1) is 15.6. The first-order valence-corrected chi connectivity index (χ1v) is 7.99. The maximum Gasteiger partial charge on any atom is 0.0195 e. The Labute approximate surface area is 117 Å². The van der Waals surface area contributed by atoms with Crippen LogP contribution in [-0.2, 0) is 6.42 Å². The maximum atomic E-state index is 3.44. The highest BCUT2D eigenvalue weighted by atomic mass is 32.2. The van der Waals surface area contributed by atoms with E-state index in [1.807, 2.05) is 0 Å². The van der Waals surface area contributed by atoms with Crippen molar-refractivity contribution in [3.8, 4) is 0 Å². The van der Waals surface area contributed by atoms with Crippen LogP contribution in [0.2, 0.25) is 0 Å². The Kier molecular flexibility index (Phi) is 6.80. The van der Waals surface area contributed by atoms with Crippen LogP contribution in [0.5, 0.6) is 0 Å². The molecule has 0 heterocycles. The van der Waals surface area contributed by atoms with Crippen molar-refractivity contribution in [2.45, 2.75) is 40.2 Å². The average molecular weight is 265 g/mol. The van der Waals surface area contributed by atoms with E-state index in [1.54, 1.807) is 0 Å². The summed E-state index contributed by atoms with van der Waals surface area (Å²) in [5.74, 6) is 3.24. The number of aryl methyl sites for hydroxylation is 2. The molecule has 1 aromatic carbocycles. The van der Waals surface area contributed by atoms with E-state index >= 15 is 0 Å². The fourth-order valence-corrected chi connectivity index (χ4v) is 3.34. The molecule has 0 saturated heterocycles. The van der Waals surface area contributed by atoms with Crippen molar-refractivity contribution in [1.82, 2.24) is 5.32 Å². The van der Waals surface area contributed by atoms with Crippen LogP contribution in [0.25, 0.3) is 0 Å². The van der Waals surface area contributed by atoms with Crippen molar-refractivity contribution in [3.05, 3.63) is 34.9 Å². The minimum Gasteiger partial charge on any atom is -0.316 e. The SMILES string of the molecule is CNC(CSCC(C)C)Cc1cc(C)cc(C)c1. The molecule has 1 rings (SSSR count). The highest BCUT2D eigenvalue weighted by Crippen LogP contribution is 2.14. The number of likely N-dealkylation sites (N-methyl/N-ethyl adjacent to an activating group) is 1. The molecule has 1 unspecified atom stereocenters. The van der Waals surface area contributed by atoms with Gasteiger partial charge in [-0.1, -0.05) is 43.2 Å². The topological polar surface area (TPSA) is 12.0 Å². The van der Waals surface area contributed by atoms with Crippen molar-refractivity contribution in [2.24, 2.45) is 5.92 Å². The smallest absolute Gasteiger partial charge is 0.0195 e. The Hall–Kier alpha value is -0.470. The van der Waals surface area contributed by atoms with Crippen molar-refractivity contribution in [3.63, 3.8) is 0 Å². The van der Waals surface area contributed by atoms with Gasteiger partial charge in [0.25, 0.3) is 0 Å². The molecule has 0 aliphatic carbocycles. The maximum absolute atomic E-state index is 3.44. The van der Waals surface area contributed by atoms with E-state index in [0.29, 0.717) is 6.04 Å². The van der Waals surface area contributed by atoms with E-state index in [-0.39, 0.29) is 0 Å². The van der Waals surface area contributed by atoms with Crippen molar-refractivity contribution >= 4 is 11.8 Å². The van der Waals surface area contributed by atoms with Crippen LogP contribution >= 0.6 is 11.8 Å². The Morgan fingerprint density at radius 1 is 1.06 bits per heavy atom. The molecule has 0 aliphatic heterocycles. The summed E-state index contributed by atoms with van der Waals surface area (Å²) in [6.45, 7) is 8.92. The number of rotatable bonds is 7. The Morgan fingerprint density at radius 2 is 1.67 bits per heavy atom. The van der Waals surface area contributed by atoms with Crippen molar-refractivity contribution in [1.29, 1.82) is 0 Å². The second kappa shape index (κ2) is 7.85. The van der Waals surface area contributed by atoms with Crippen LogP contribution in [-0.4, -0.2) is 24.6 Å². The summed E-state index contributed by atoms with van der Waals surface area (Å²) < 4.78 is 0. The van der Waals surface area contributed by atoms with E-state index in [1.165, 1.54) is 28.2 Å². The number of benzene rings is 1. The highest BCUT2D eigenvalue weighted by molar-refractivity contribution is 7.99. The molecular formula is C16H27NS. The second-order valence-electron chi connectivity index (χ2n) is 5.62. The number of hydrogen-bond donors (Lipinski definition) is 1. The lowest BCUT2D eigenvalue weighted by atomic mass is 10.0. The minimum atomic E-state index is 0.579. The van der Waals surface area contributed by atoms with Gasteiger partial charge >= 0.3 is 0 Å². The quantitative estimate of drug-likeness (QED) is 0.804. The van der Waals surface area contributed by atoms with Gasteiger partial charge in [-0.15, -0.1) is 0 Å². The van der Waals surface area contributed by atoms with Gasteiger partial charge < -0.3 is 5.32 Å². The van der Waals surface area contributed by atoms with E-state index in [4.69, 9.17) is 0 Å². The molecule has 1 nitrogen and oxygen atoms in total. The molecule has 0 radical (unpaired) electrons. The molecule has 0 aliphatic rings. The van der Waals surface area contributed by atoms with E-state index < -0.39 is 0 Å². The van der Waals surface area contributed by atoms with Gasteiger partial charge in [0.05, 0.1) is 0 Å². The van der Waals surface area contributed by atoms with Crippen molar-refractivity contribution in [2.75, 3.05) is 18.6 Å². The van der Waals surface area contributed by atoms with Crippen LogP contribution in [0.3, 0.4) is 0 Å². The van der Waals surface area contributed by atoms with Crippen LogP contribution in [0.15, 0.2) is 18.2 Å². The lowest BCUT2D eigenvalue weighted by Gasteiger charge is -2.17. The van der Waals surface area contributed by atoms with E-state index in [2.05, 4.69) is 70.0 Å². The van der Waals surface area contributed by atoms with Gasteiger partial charge in [0.15, 0.2) is 0 Å². The molecule has 0 bridgehead atoms. The minimum absolute atomic E-state index is 0.579. The molecule has 18 heavy (non-hydrogen) atoms. The van der Waals surface area contributed by atoms with Gasteiger partial charge in [-0.05, 0) is 44.6 Å². The predicted molar refractivity (Wildman–Crippen MR) is 84.6 cm³/mol. The first-order chi connectivity index (χ1) is 8.51. The fourth-order valence-electron chi connectivity index (χ4n) is 2.16. The lowest BCUT2D eigenvalue weighted by Crippen LogP contribution is -2.30. The van der Waals surface area contributed by atoms with Gasteiger partial charge in [-0.2, -0.15) is 11.8 Å². The molecule has 0 spiro atoms. The molecule has 1 N–H and O–H groups in total. The summed E-state index contributed by atoms with van der Waals surface area (Å²) in [5.41, 5.74) is 4.20. The molecule has 1 atom stereocenters. The predicted octanol–water partition coefficient (Wildman–Crippen LogP) is 3.82. The molecular weight excluding hydrogens is 238 g/mol. The molecule has 0 saturated carbocycles. The normalized spacial score (nSPS) is 13.0. The molecule has 1 aromatic rings. The third-order valence-electron chi connectivity index (χ3n) is 2.94. The summed E-state index contributed by atoms with van der Waals surface area (Å²) in [5, 5.41) is 3.44. The zero-order valence-corrected chi connectivity index (χ0v) is 13.2. The third-order valence-corrected chi connectivity index (χ3v) is 4.48. The Bertz CT molecular complexity index is 340. The highest BCUT2D eigenvalue weighted by Gasteiger charge is 2.08. The van der Waals surface area contributed by atoms with Crippen molar-refractivity contribution < 1.29 is 0 Å². The van der Waals surface area contributed by atoms with Gasteiger partial charge in [-0.3, -0.25) is 0 Å². The summed E-state index contributed by atoms with van der Waals surface area (Å²) in [4.78, 5) is 0. The average Bonchev–Trinajstić information content (AvgIpc) is 2.25. The lowest BCUT2D eigenvalue weighted by molar-refractivity contribution is 0.615. The first-order valence-electron chi connectivity index (χ1n) is 6.83. The number of hydrogen-bond acceptors (Lipinski definition) is 2. The van der Waals surface area contributed by atoms with Crippen LogP contribution in [0.1, 0.15) is 30.5 Å². The Balaban J connectivity index is 2.51. The second-order valence-corrected chi connectivity index (χ2v) is 6.69. The summed E-state index contributed by atoms with van der Waals surface area (Å²) in [6.07, 6.45) is 1.13. The standard InChI is InChI=1S/C16H27NS/c1-12(2)10-18-11-16(17-5)9-15-7-13(3)6-14(4)8-15/h6-8,12,16-17H,9-11H2,1-5H3. The summed E-state index contributed by atoms with van der Waals surface area (Å²) in [6, 6.07) is 7.44. The van der Waals surface area contributed by atoms with Gasteiger partial charge in [0, 0.05) is 11.8 Å². The van der Waals surface area contributed by atoms with Crippen LogP contribution in [0, 0.1) is 19.8 Å². The van der Waals surface area contributed by atoms with Crippen LogP contribution < -0.4 is 5.32 Å². The van der Waals surface area contributed by atoms with Gasteiger partial charge in [-0.25, -0.2) is 0 Å². The molecule has 102 valence electrons. The summed E-state index contributed by atoms with van der Waals surface area (Å²) in [7, 11) is 2.07. The largest absolute Gasteiger partial charge is 0.316 e. The molecule has 0 aromatic heterocycles. The Morgan fingerprint density at radius 3 is 2.17 bits per heavy atom. The molecule has 0 amide bonds.